The number of carbonyl (C=O) groups excluding carboxylic acids is 1. The van der Waals surface area contributed by atoms with E-state index < -0.39 is 0 Å². The van der Waals surface area contributed by atoms with Crippen molar-refractivity contribution in [2.24, 2.45) is 0 Å². The van der Waals surface area contributed by atoms with Gasteiger partial charge in [0.05, 0.1) is 12.3 Å². The molecule has 9 nitrogen and oxygen atoms in total. The fourth-order valence-electron chi connectivity index (χ4n) is 2.66. The van der Waals surface area contributed by atoms with Gasteiger partial charge in [0, 0.05) is 32.4 Å². The van der Waals surface area contributed by atoms with Crippen molar-refractivity contribution in [3.8, 4) is 0 Å². The number of nitrogens with two attached hydrogens (primary N) is 1. The summed E-state index contributed by atoms with van der Waals surface area (Å²) in [5, 5.41) is 3.41. The van der Waals surface area contributed by atoms with Crippen molar-refractivity contribution in [2.75, 3.05) is 48.7 Å². The van der Waals surface area contributed by atoms with Crippen molar-refractivity contribution in [3.63, 3.8) is 0 Å². The number of nitrogens with zero attached hydrogens (tertiary/aromatic N) is 5. The minimum absolute atomic E-state index is 0.295. The van der Waals surface area contributed by atoms with Gasteiger partial charge in [0.15, 0.2) is 16.8 Å². The molecular formula is C16H20ClN7O2. The molecule has 2 aromatic heterocycles. The monoisotopic (exact) mass is 377 g/mol. The number of nitrogens with one attached hydrogen (secondary N) is 1. The van der Waals surface area contributed by atoms with Crippen LogP contribution in [0.25, 0.3) is 0 Å². The van der Waals surface area contributed by atoms with Gasteiger partial charge in [-0.05, 0) is 19.1 Å². The Hall–Kier alpha value is -2.81. The second kappa shape index (κ2) is 8.05. The summed E-state index contributed by atoms with van der Waals surface area (Å²) in [5.74, 6) is 1.07. The largest absolute Gasteiger partial charge is 0.450 e. The van der Waals surface area contributed by atoms with Gasteiger partial charge >= 0.3 is 6.09 Å². The highest BCUT2D eigenvalue weighted by Gasteiger charge is 2.24. The van der Waals surface area contributed by atoms with Crippen LogP contribution in [0.1, 0.15) is 6.92 Å². The summed E-state index contributed by atoms with van der Waals surface area (Å²) in [6.45, 7) is 4.45. The number of pyridine rings is 1. The summed E-state index contributed by atoms with van der Waals surface area (Å²) < 4.78 is 5.03. The average Bonchev–Trinajstić information content (AvgIpc) is 2.65. The number of rotatable bonds is 4. The molecule has 0 saturated carbocycles. The molecular weight excluding hydrogens is 358 g/mol. The predicted molar refractivity (Wildman–Crippen MR) is 99.8 cm³/mol. The Bertz CT molecular complexity index is 781. The molecule has 1 aliphatic rings. The molecule has 0 spiro atoms. The molecule has 10 heteroatoms. The normalized spacial score (nSPS) is 14.2. The molecule has 1 amide bonds. The molecule has 3 rings (SSSR count). The third-order valence-electron chi connectivity index (χ3n) is 3.98. The summed E-state index contributed by atoms with van der Waals surface area (Å²) in [6.07, 6.45) is 2.75. The van der Waals surface area contributed by atoms with Crippen LogP contribution in [0, 0.1) is 0 Å². The van der Waals surface area contributed by atoms with E-state index >= 15 is 0 Å². The standard InChI is InChI=1S/C16H20ClN7O2/c1-2-26-16(25)24-8-6-23(7-9-24)15-12(18)14(20-10-21-15)22-11-4-3-5-19-13(11)17/h3-5,10H,2,6-9,18H2,1H3,(H,20,21,22). The highest BCUT2D eigenvalue weighted by molar-refractivity contribution is 6.32. The van der Waals surface area contributed by atoms with Gasteiger partial charge in [-0.3, -0.25) is 0 Å². The molecule has 0 bridgehead atoms. The zero-order valence-corrected chi connectivity index (χ0v) is 15.1. The number of ether oxygens (including phenoxy) is 1. The van der Waals surface area contributed by atoms with Crippen molar-refractivity contribution in [1.29, 1.82) is 0 Å². The maximum atomic E-state index is 11.8. The smallest absolute Gasteiger partial charge is 0.409 e. The van der Waals surface area contributed by atoms with Crippen molar-refractivity contribution in [1.82, 2.24) is 19.9 Å². The van der Waals surface area contributed by atoms with Crippen molar-refractivity contribution in [3.05, 3.63) is 29.8 Å². The van der Waals surface area contributed by atoms with E-state index in [0.717, 1.165) is 0 Å². The predicted octanol–water partition coefficient (Wildman–Crippen LogP) is 2.13. The molecule has 0 radical (unpaired) electrons. The summed E-state index contributed by atoms with van der Waals surface area (Å²) in [4.78, 5) is 28.0. The minimum atomic E-state index is -0.295. The zero-order valence-electron chi connectivity index (χ0n) is 14.4. The molecule has 2 aromatic rings. The van der Waals surface area contributed by atoms with Crippen molar-refractivity contribution in [2.45, 2.75) is 6.92 Å². The molecule has 0 aromatic carbocycles. The van der Waals surface area contributed by atoms with Crippen LogP contribution in [0.15, 0.2) is 24.7 Å². The summed E-state index contributed by atoms with van der Waals surface area (Å²) in [5.41, 5.74) is 7.28. The molecule has 1 aliphatic heterocycles. The summed E-state index contributed by atoms with van der Waals surface area (Å²) in [6, 6.07) is 3.55. The number of hydrogen-bond acceptors (Lipinski definition) is 8. The van der Waals surface area contributed by atoms with Gasteiger partial charge in [-0.15, -0.1) is 0 Å². The number of hydrogen-bond donors (Lipinski definition) is 2. The van der Waals surface area contributed by atoms with E-state index in [0.29, 0.717) is 60.9 Å². The first-order valence-electron chi connectivity index (χ1n) is 8.24. The van der Waals surface area contributed by atoms with E-state index in [1.807, 2.05) is 4.90 Å². The number of nitrogen functional groups attached to an aromatic ring is 1. The zero-order chi connectivity index (χ0) is 18.5. The van der Waals surface area contributed by atoms with Crippen molar-refractivity contribution >= 4 is 40.7 Å². The first-order chi connectivity index (χ1) is 12.6. The first-order valence-corrected chi connectivity index (χ1v) is 8.62. The van der Waals surface area contributed by atoms with E-state index in [-0.39, 0.29) is 6.09 Å². The molecule has 138 valence electrons. The first kappa shape index (κ1) is 18.0. The van der Waals surface area contributed by atoms with E-state index in [9.17, 15) is 4.79 Å². The lowest BCUT2D eigenvalue weighted by Crippen LogP contribution is -2.49. The number of carbonyl (C=O) groups is 1. The van der Waals surface area contributed by atoms with Gasteiger partial charge in [-0.2, -0.15) is 0 Å². The van der Waals surface area contributed by atoms with Gasteiger partial charge in [0.1, 0.15) is 12.0 Å². The minimum Gasteiger partial charge on any atom is -0.450 e. The number of amides is 1. The fourth-order valence-corrected chi connectivity index (χ4v) is 2.83. The van der Waals surface area contributed by atoms with Crippen molar-refractivity contribution < 1.29 is 9.53 Å². The van der Waals surface area contributed by atoms with E-state index in [4.69, 9.17) is 22.1 Å². The van der Waals surface area contributed by atoms with E-state index in [2.05, 4.69) is 20.3 Å². The lowest BCUT2D eigenvalue weighted by molar-refractivity contribution is 0.105. The van der Waals surface area contributed by atoms with Crippen LogP contribution in [0.3, 0.4) is 0 Å². The van der Waals surface area contributed by atoms with Crippen LogP contribution in [-0.2, 0) is 4.74 Å². The molecule has 3 N–H and O–H groups in total. The highest BCUT2D eigenvalue weighted by atomic mass is 35.5. The Balaban J connectivity index is 1.72. The summed E-state index contributed by atoms with van der Waals surface area (Å²) >= 11 is 6.07. The molecule has 0 aliphatic carbocycles. The topological polar surface area (TPSA) is 110 Å². The van der Waals surface area contributed by atoms with Crippen LogP contribution in [0.2, 0.25) is 5.15 Å². The number of halogens is 1. The van der Waals surface area contributed by atoms with Crippen LogP contribution in [-0.4, -0.2) is 58.7 Å². The van der Waals surface area contributed by atoms with Crippen LogP contribution in [0.5, 0.6) is 0 Å². The van der Waals surface area contributed by atoms with Crippen LogP contribution in [0.4, 0.5) is 27.8 Å². The van der Waals surface area contributed by atoms with E-state index in [1.54, 1.807) is 30.2 Å². The molecule has 3 heterocycles. The Morgan fingerprint density at radius 3 is 2.77 bits per heavy atom. The molecule has 26 heavy (non-hydrogen) atoms. The Labute approximate surface area is 156 Å². The molecule has 1 saturated heterocycles. The Kier molecular flexibility index (Phi) is 5.57. The third kappa shape index (κ3) is 3.88. The summed E-state index contributed by atoms with van der Waals surface area (Å²) in [7, 11) is 0. The number of piperazine rings is 1. The lowest BCUT2D eigenvalue weighted by Gasteiger charge is -2.35. The Morgan fingerprint density at radius 1 is 1.31 bits per heavy atom. The second-order valence-electron chi connectivity index (χ2n) is 5.60. The van der Waals surface area contributed by atoms with E-state index in [1.165, 1.54) is 6.33 Å². The second-order valence-corrected chi connectivity index (χ2v) is 5.96. The Morgan fingerprint density at radius 2 is 2.08 bits per heavy atom. The quantitative estimate of drug-likeness (QED) is 0.780. The number of aromatic nitrogens is 3. The molecule has 0 unspecified atom stereocenters. The van der Waals surface area contributed by atoms with Gasteiger partial charge in [0.2, 0.25) is 0 Å². The van der Waals surface area contributed by atoms with Gasteiger partial charge in [-0.1, -0.05) is 11.6 Å². The maximum absolute atomic E-state index is 11.8. The maximum Gasteiger partial charge on any atom is 0.409 e. The average molecular weight is 378 g/mol. The van der Waals surface area contributed by atoms with Gasteiger partial charge in [-0.25, -0.2) is 19.7 Å². The van der Waals surface area contributed by atoms with Crippen LogP contribution >= 0.6 is 11.6 Å². The molecule has 1 fully saturated rings. The van der Waals surface area contributed by atoms with Crippen LogP contribution < -0.4 is 16.0 Å². The third-order valence-corrected chi connectivity index (χ3v) is 4.28. The SMILES string of the molecule is CCOC(=O)N1CCN(c2ncnc(Nc3cccnc3Cl)c2N)CC1. The van der Waals surface area contributed by atoms with Gasteiger partial charge in [0.25, 0.3) is 0 Å². The van der Waals surface area contributed by atoms with Gasteiger partial charge < -0.3 is 25.6 Å². The fraction of sp³-hybridized carbons (Fsp3) is 0.375. The lowest BCUT2D eigenvalue weighted by atomic mass is 10.3. The molecule has 0 atom stereocenters. The highest BCUT2D eigenvalue weighted by Crippen LogP contribution is 2.30. The number of anilines is 4.